The summed E-state index contributed by atoms with van der Waals surface area (Å²) in [7, 11) is -3.67. The minimum atomic E-state index is -3.67. The Hall–Kier alpha value is -2.22. The minimum Gasteiger partial charge on any atom is -0.325 e. The van der Waals surface area contributed by atoms with Crippen molar-refractivity contribution in [2.45, 2.75) is 31.6 Å². The molecule has 1 atom stereocenters. The van der Waals surface area contributed by atoms with Crippen LogP contribution in [0, 0.1) is 19.8 Å². The zero-order valence-corrected chi connectivity index (χ0v) is 20.0. The van der Waals surface area contributed by atoms with Gasteiger partial charge in [-0.3, -0.25) is 4.79 Å². The molecule has 1 saturated heterocycles. The molecule has 5 nitrogen and oxygen atoms in total. The lowest BCUT2D eigenvalue weighted by Crippen LogP contribution is -2.43. The van der Waals surface area contributed by atoms with E-state index in [0.717, 1.165) is 32.1 Å². The van der Waals surface area contributed by atoms with E-state index in [0.29, 0.717) is 19.4 Å². The number of carbonyl (C=O) groups excluding carboxylic acids is 1. The molecular weight excluding hydrogens is 476 g/mol. The third-order valence-corrected chi connectivity index (χ3v) is 8.18. The summed E-state index contributed by atoms with van der Waals surface area (Å²) in [6.07, 6.45) is 1.33. The molecule has 0 bridgehead atoms. The second-order valence-corrected chi connectivity index (χ2v) is 11.0. The Morgan fingerprint density at radius 2 is 1.71 bits per heavy atom. The molecule has 0 spiro atoms. The fourth-order valence-electron chi connectivity index (χ4n) is 4.18. The molecule has 31 heavy (non-hydrogen) atoms. The van der Waals surface area contributed by atoms with Crippen molar-refractivity contribution in [3.05, 3.63) is 70.2 Å². The van der Waals surface area contributed by atoms with Gasteiger partial charge in [-0.25, -0.2) is 8.42 Å². The Balaban J connectivity index is 1.54. The van der Waals surface area contributed by atoms with Crippen LogP contribution >= 0.6 is 15.9 Å². The molecule has 0 unspecified atom stereocenters. The first kappa shape index (κ1) is 22.0. The van der Waals surface area contributed by atoms with Gasteiger partial charge in [0.15, 0.2) is 0 Å². The molecule has 1 N–H and O–H groups in total. The van der Waals surface area contributed by atoms with Gasteiger partial charge in [0.05, 0.1) is 10.8 Å². The molecule has 0 saturated carbocycles. The van der Waals surface area contributed by atoms with Crippen LogP contribution in [0.4, 0.5) is 5.69 Å². The summed E-state index contributed by atoms with van der Waals surface area (Å²) in [6, 6.07) is 16.8. The van der Waals surface area contributed by atoms with E-state index >= 15 is 0 Å². The van der Waals surface area contributed by atoms with Crippen molar-refractivity contribution < 1.29 is 13.2 Å². The van der Waals surface area contributed by atoms with Gasteiger partial charge < -0.3 is 5.32 Å². The number of fused-ring (bicyclic) bond motifs is 1. The molecule has 1 heterocycles. The quantitative estimate of drug-likeness (QED) is 0.531. The van der Waals surface area contributed by atoms with Crippen LogP contribution in [0.3, 0.4) is 0 Å². The first-order valence-corrected chi connectivity index (χ1v) is 12.6. The van der Waals surface area contributed by atoms with E-state index in [-0.39, 0.29) is 23.3 Å². The lowest BCUT2D eigenvalue weighted by atomic mass is 9.98. The third kappa shape index (κ3) is 4.54. The standard InChI is InChI=1S/C24H25BrN2O3S/c1-16-12-21(25)13-17(2)23(16)26-24(28)20-8-5-11-27(15-20)31(29,30)22-10-9-18-6-3-4-7-19(18)14-22/h3-4,6-7,9-10,12-14,20H,5,8,11,15H2,1-2H3,(H,26,28)/t20-/m0/s1. The second-order valence-electron chi connectivity index (χ2n) is 8.11. The summed E-state index contributed by atoms with van der Waals surface area (Å²) in [5.74, 6) is -0.515. The SMILES string of the molecule is Cc1cc(Br)cc(C)c1NC(=O)[C@H]1CCCN(S(=O)(=O)c2ccc3ccccc3c2)C1. The zero-order valence-electron chi connectivity index (χ0n) is 17.6. The number of nitrogens with zero attached hydrogens (tertiary/aromatic N) is 1. The Labute approximate surface area is 191 Å². The number of aryl methyl sites for hydroxylation is 2. The first-order valence-electron chi connectivity index (χ1n) is 10.3. The highest BCUT2D eigenvalue weighted by Crippen LogP contribution is 2.29. The van der Waals surface area contributed by atoms with Crippen LogP contribution in [0.15, 0.2) is 64.0 Å². The fraction of sp³-hybridized carbons (Fsp3) is 0.292. The average Bonchev–Trinajstić information content (AvgIpc) is 2.75. The van der Waals surface area contributed by atoms with E-state index in [1.165, 1.54) is 4.31 Å². The lowest BCUT2D eigenvalue weighted by molar-refractivity contribution is -0.120. The van der Waals surface area contributed by atoms with E-state index in [9.17, 15) is 13.2 Å². The molecule has 0 aromatic heterocycles. The Morgan fingerprint density at radius 3 is 2.42 bits per heavy atom. The van der Waals surface area contributed by atoms with Crippen LogP contribution in [-0.4, -0.2) is 31.7 Å². The number of hydrogen-bond acceptors (Lipinski definition) is 3. The zero-order chi connectivity index (χ0) is 22.2. The van der Waals surface area contributed by atoms with Gasteiger partial charge in [-0.2, -0.15) is 4.31 Å². The maximum atomic E-state index is 13.3. The van der Waals surface area contributed by atoms with E-state index in [1.54, 1.807) is 12.1 Å². The molecule has 7 heteroatoms. The predicted molar refractivity (Wildman–Crippen MR) is 128 cm³/mol. The number of carbonyl (C=O) groups is 1. The average molecular weight is 501 g/mol. The molecule has 162 valence electrons. The van der Waals surface area contributed by atoms with E-state index in [4.69, 9.17) is 0 Å². The number of anilines is 1. The van der Waals surface area contributed by atoms with Crippen LogP contribution in [0.25, 0.3) is 10.8 Å². The minimum absolute atomic E-state index is 0.132. The van der Waals surface area contributed by atoms with Crippen LogP contribution in [-0.2, 0) is 14.8 Å². The molecule has 1 aliphatic rings. The molecule has 1 aliphatic heterocycles. The summed E-state index contributed by atoms with van der Waals surface area (Å²) in [4.78, 5) is 13.3. The highest BCUT2D eigenvalue weighted by molar-refractivity contribution is 9.10. The Morgan fingerprint density at radius 1 is 1.03 bits per heavy atom. The number of piperidine rings is 1. The molecular formula is C24H25BrN2O3S. The highest BCUT2D eigenvalue weighted by atomic mass is 79.9. The molecule has 4 rings (SSSR count). The highest BCUT2D eigenvalue weighted by Gasteiger charge is 2.33. The second kappa shape index (κ2) is 8.73. The number of hydrogen-bond donors (Lipinski definition) is 1. The monoisotopic (exact) mass is 500 g/mol. The normalized spacial score (nSPS) is 17.6. The van der Waals surface area contributed by atoms with Gasteiger partial charge >= 0.3 is 0 Å². The van der Waals surface area contributed by atoms with Gasteiger partial charge in [0, 0.05) is 23.2 Å². The molecule has 3 aromatic carbocycles. The van der Waals surface area contributed by atoms with E-state index in [2.05, 4.69) is 21.2 Å². The largest absolute Gasteiger partial charge is 0.325 e. The molecule has 0 radical (unpaired) electrons. The molecule has 1 fully saturated rings. The van der Waals surface area contributed by atoms with Crippen LogP contribution in [0.5, 0.6) is 0 Å². The van der Waals surface area contributed by atoms with Gasteiger partial charge in [0.2, 0.25) is 15.9 Å². The summed E-state index contributed by atoms with van der Waals surface area (Å²) in [5.41, 5.74) is 2.73. The van der Waals surface area contributed by atoms with Gasteiger partial charge in [-0.15, -0.1) is 0 Å². The number of rotatable bonds is 4. The lowest BCUT2D eigenvalue weighted by Gasteiger charge is -2.31. The number of sulfonamides is 1. The number of benzene rings is 3. The van der Waals surface area contributed by atoms with Gasteiger partial charge in [0.25, 0.3) is 0 Å². The summed E-state index contributed by atoms with van der Waals surface area (Å²) in [6.45, 7) is 4.51. The molecule has 3 aromatic rings. The summed E-state index contributed by atoms with van der Waals surface area (Å²) in [5, 5.41) is 4.91. The van der Waals surface area contributed by atoms with Crippen LogP contribution in [0.1, 0.15) is 24.0 Å². The van der Waals surface area contributed by atoms with Crippen LogP contribution < -0.4 is 5.32 Å². The fourth-order valence-corrected chi connectivity index (χ4v) is 6.43. The van der Waals surface area contributed by atoms with Gasteiger partial charge in [-0.05, 0) is 72.9 Å². The van der Waals surface area contributed by atoms with Gasteiger partial charge in [-0.1, -0.05) is 46.3 Å². The topological polar surface area (TPSA) is 66.5 Å². The number of nitrogens with one attached hydrogen (secondary N) is 1. The molecule has 1 amide bonds. The maximum absolute atomic E-state index is 13.3. The van der Waals surface area contributed by atoms with Crippen molar-refractivity contribution in [2.75, 3.05) is 18.4 Å². The van der Waals surface area contributed by atoms with Crippen molar-refractivity contribution >= 4 is 48.3 Å². The van der Waals surface area contributed by atoms with E-state index in [1.807, 2.05) is 56.3 Å². The van der Waals surface area contributed by atoms with Crippen molar-refractivity contribution in [3.63, 3.8) is 0 Å². The maximum Gasteiger partial charge on any atom is 0.243 e. The Kier molecular flexibility index (Phi) is 6.19. The molecule has 0 aliphatic carbocycles. The van der Waals surface area contributed by atoms with Crippen molar-refractivity contribution in [3.8, 4) is 0 Å². The first-order chi connectivity index (χ1) is 14.8. The van der Waals surface area contributed by atoms with Crippen molar-refractivity contribution in [1.29, 1.82) is 0 Å². The van der Waals surface area contributed by atoms with E-state index < -0.39 is 10.0 Å². The summed E-state index contributed by atoms with van der Waals surface area (Å²) < 4.78 is 29.0. The number of halogens is 1. The van der Waals surface area contributed by atoms with Crippen molar-refractivity contribution in [2.24, 2.45) is 5.92 Å². The van der Waals surface area contributed by atoms with Crippen LogP contribution in [0.2, 0.25) is 0 Å². The Bertz CT molecular complexity index is 1230. The van der Waals surface area contributed by atoms with Gasteiger partial charge in [0.1, 0.15) is 0 Å². The third-order valence-electron chi connectivity index (χ3n) is 5.86. The number of amides is 1. The summed E-state index contributed by atoms with van der Waals surface area (Å²) >= 11 is 3.47. The van der Waals surface area contributed by atoms with Crippen molar-refractivity contribution in [1.82, 2.24) is 4.31 Å². The smallest absolute Gasteiger partial charge is 0.243 e. The predicted octanol–water partition coefficient (Wildman–Crippen LogP) is 5.26.